The molecule has 0 spiro atoms. The highest BCUT2D eigenvalue weighted by Crippen LogP contribution is 2.21. The van der Waals surface area contributed by atoms with E-state index in [1.54, 1.807) is 12.1 Å². The molecule has 2 heterocycles. The molecule has 0 radical (unpaired) electrons. The number of nitrogens with zero attached hydrogens (tertiary/aromatic N) is 2. The van der Waals surface area contributed by atoms with Crippen molar-refractivity contribution in [1.29, 1.82) is 0 Å². The maximum Gasteiger partial charge on any atom is 0.226 e. The number of nitrogens with one attached hydrogen (secondary N) is 1. The summed E-state index contributed by atoms with van der Waals surface area (Å²) in [4.78, 5) is 17.2. The van der Waals surface area contributed by atoms with Gasteiger partial charge >= 0.3 is 0 Å². The van der Waals surface area contributed by atoms with Crippen molar-refractivity contribution >= 4 is 40.4 Å². The Morgan fingerprint density at radius 1 is 1.16 bits per heavy atom. The van der Waals surface area contributed by atoms with Gasteiger partial charge in [-0.1, -0.05) is 28.4 Å². The monoisotopic (exact) mass is 395 g/mol. The maximum atomic E-state index is 11.9. The van der Waals surface area contributed by atoms with Crippen molar-refractivity contribution in [3.05, 3.63) is 56.5 Å². The van der Waals surface area contributed by atoms with Crippen LogP contribution in [-0.2, 0) is 17.8 Å². The lowest BCUT2D eigenvalue weighted by molar-refractivity contribution is -0.121. The summed E-state index contributed by atoms with van der Waals surface area (Å²) >= 11 is 13.2. The second kappa shape index (κ2) is 8.47. The lowest BCUT2D eigenvalue weighted by Crippen LogP contribution is -2.21. The molecule has 0 aliphatic rings. The van der Waals surface area contributed by atoms with Crippen LogP contribution in [0.4, 0.5) is 0 Å². The van der Waals surface area contributed by atoms with Crippen molar-refractivity contribution in [2.75, 3.05) is 0 Å². The van der Waals surface area contributed by atoms with Gasteiger partial charge < -0.3 is 9.84 Å². The Labute approximate surface area is 159 Å². The fourth-order valence-electron chi connectivity index (χ4n) is 2.19. The van der Waals surface area contributed by atoms with Crippen LogP contribution in [0.1, 0.15) is 23.6 Å². The first-order valence-corrected chi connectivity index (χ1v) is 9.27. The molecule has 0 saturated heterocycles. The van der Waals surface area contributed by atoms with Crippen molar-refractivity contribution in [3.8, 4) is 11.4 Å². The molecule has 2 aromatic heterocycles. The molecule has 5 nitrogen and oxygen atoms in total. The number of rotatable bonds is 7. The maximum absolute atomic E-state index is 11.9. The van der Waals surface area contributed by atoms with Gasteiger partial charge in [-0.3, -0.25) is 4.79 Å². The zero-order valence-corrected chi connectivity index (χ0v) is 15.5. The summed E-state index contributed by atoms with van der Waals surface area (Å²) in [5.74, 6) is 1.02. The molecule has 25 heavy (non-hydrogen) atoms. The molecule has 8 heteroatoms. The minimum Gasteiger partial charge on any atom is -0.351 e. The van der Waals surface area contributed by atoms with Crippen LogP contribution in [0.25, 0.3) is 11.4 Å². The van der Waals surface area contributed by atoms with Crippen LogP contribution in [0.15, 0.2) is 40.9 Å². The van der Waals surface area contributed by atoms with E-state index in [0.29, 0.717) is 42.5 Å². The van der Waals surface area contributed by atoms with E-state index in [9.17, 15) is 4.79 Å². The fourth-order valence-corrected chi connectivity index (χ4v) is 3.35. The minimum atomic E-state index is -0.0121. The number of amides is 1. The Morgan fingerprint density at radius 2 is 1.96 bits per heavy atom. The van der Waals surface area contributed by atoms with Crippen LogP contribution in [0, 0.1) is 0 Å². The lowest BCUT2D eigenvalue weighted by atomic mass is 10.2. The number of aryl methyl sites for hydroxylation is 1. The molecule has 0 aliphatic heterocycles. The predicted molar refractivity (Wildman–Crippen MR) is 98.9 cm³/mol. The Hall–Kier alpha value is -1.89. The van der Waals surface area contributed by atoms with Gasteiger partial charge in [0.25, 0.3) is 0 Å². The molecule has 0 fully saturated rings. The van der Waals surface area contributed by atoms with Crippen LogP contribution in [0.2, 0.25) is 9.36 Å². The summed E-state index contributed by atoms with van der Waals surface area (Å²) in [6.45, 7) is 0.498. The van der Waals surface area contributed by atoms with E-state index >= 15 is 0 Å². The molecule has 0 saturated carbocycles. The highest BCUT2D eigenvalue weighted by atomic mass is 35.5. The summed E-state index contributed by atoms with van der Waals surface area (Å²) in [6.07, 6.45) is 1.59. The van der Waals surface area contributed by atoms with E-state index in [4.69, 9.17) is 27.7 Å². The van der Waals surface area contributed by atoms with Gasteiger partial charge in [0.1, 0.15) is 0 Å². The van der Waals surface area contributed by atoms with E-state index < -0.39 is 0 Å². The highest BCUT2D eigenvalue weighted by Gasteiger charge is 2.10. The molecule has 3 aromatic rings. The van der Waals surface area contributed by atoms with Crippen LogP contribution in [0.5, 0.6) is 0 Å². The van der Waals surface area contributed by atoms with E-state index in [1.807, 2.05) is 24.3 Å². The molecule has 0 bridgehead atoms. The summed E-state index contributed by atoms with van der Waals surface area (Å²) < 4.78 is 5.94. The third-order valence-corrected chi connectivity index (χ3v) is 4.94. The number of thiophene rings is 1. The van der Waals surface area contributed by atoms with Gasteiger partial charge in [-0.05, 0) is 42.8 Å². The Bertz CT molecular complexity index is 846. The van der Waals surface area contributed by atoms with Crippen LogP contribution >= 0.6 is 34.5 Å². The molecular formula is C17H15Cl2N3O2S. The van der Waals surface area contributed by atoms with Gasteiger partial charge in [0.05, 0.1) is 10.9 Å². The standard InChI is InChI=1S/C17H15Cl2N3O2S/c18-12-6-4-11(5-7-12)17-21-16(24-22-17)3-1-2-15(23)20-10-13-8-9-14(19)25-13/h4-9H,1-3,10H2,(H,20,23). The smallest absolute Gasteiger partial charge is 0.226 e. The van der Waals surface area contributed by atoms with E-state index in [2.05, 4.69) is 15.5 Å². The third kappa shape index (κ3) is 5.29. The van der Waals surface area contributed by atoms with Crippen LogP contribution in [-0.4, -0.2) is 16.0 Å². The summed E-state index contributed by atoms with van der Waals surface area (Å²) in [5, 5.41) is 7.48. The van der Waals surface area contributed by atoms with Gasteiger partial charge in [0, 0.05) is 28.3 Å². The molecule has 0 unspecified atom stereocenters. The number of aromatic nitrogens is 2. The summed E-state index contributed by atoms with van der Waals surface area (Å²) in [7, 11) is 0. The zero-order chi connectivity index (χ0) is 17.6. The molecule has 0 atom stereocenters. The van der Waals surface area contributed by atoms with Crippen molar-refractivity contribution in [2.45, 2.75) is 25.8 Å². The molecule has 1 N–H and O–H groups in total. The second-order valence-electron chi connectivity index (χ2n) is 5.35. The molecule has 0 aliphatic carbocycles. The SMILES string of the molecule is O=C(CCCc1nc(-c2ccc(Cl)cc2)no1)NCc1ccc(Cl)s1. The Kier molecular flexibility index (Phi) is 6.07. The predicted octanol–water partition coefficient (Wildman–Crippen LogP) is 4.74. The first-order chi connectivity index (χ1) is 12.1. The third-order valence-electron chi connectivity index (χ3n) is 3.45. The van der Waals surface area contributed by atoms with Crippen molar-refractivity contribution in [3.63, 3.8) is 0 Å². The topological polar surface area (TPSA) is 68.0 Å². The number of carbonyl (C=O) groups is 1. The van der Waals surface area contributed by atoms with Gasteiger partial charge in [-0.15, -0.1) is 11.3 Å². The fraction of sp³-hybridized carbons (Fsp3) is 0.235. The van der Waals surface area contributed by atoms with E-state index in [1.165, 1.54) is 11.3 Å². The molecular weight excluding hydrogens is 381 g/mol. The lowest BCUT2D eigenvalue weighted by Gasteiger charge is -2.02. The van der Waals surface area contributed by atoms with Crippen LogP contribution in [0.3, 0.4) is 0 Å². The van der Waals surface area contributed by atoms with E-state index in [-0.39, 0.29) is 5.91 Å². The highest BCUT2D eigenvalue weighted by molar-refractivity contribution is 7.16. The second-order valence-corrected chi connectivity index (χ2v) is 7.59. The number of carbonyl (C=O) groups excluding carboxylic acids is 1. The first-order valence-electron chi connectivity index (χ1n) is 7.69. The van der Waals surface area contributed by atoms with Crippen LogP contribution < -0.4 is 5.32 Å². The normalized spacial score (nSPS) is 10.8. The van der Waals surface area contributed by atoms with Gasteiger partial charge in [-0.2, -0.15) is 4.98 Å². The van der Waals surface area contributed by atoms with Crippen molar-refractivity contribution < 1.29 is 9.32 Å². The number of benzene rings is 1. The van der Waals surface area contributed by atoms with Gasteiger partial charge in [0.2, 0.25) is 17.6 Å². The largest absolute Gasteiger partial charge is 0.351 e. The Morgan fingerprint density at radius 3 is 2.68 bits per heavy atom. The molecule has 1 aromatic carbocycles. The number of hydrogen-bond acceptors (Lipinski definition) is 5. The molecule has 130 valence electrons. The van der Waals surface area contributed by atoms with Crippen molar-refractivity contribution in [1.82, 2.24) is 15.5 Å². The minimum absolute atomic E-state index is 0.0121. The Balaban J connectivity index is 1.43. The quantitative estimate of drug-likeness (QED) is 0.626. The zero-order valence-electron chi connectivity index (χ0n) is 13.2. The average Bonchev–Trinajstić information content (AvgIpc) is 3.23. The number of halogens is 2. The first kappa shape index (κ1) is 17.9. The number of hydrogen-bond donors (Lipinski definition) is 1. The molecule has 3 rings (SSSR count). The van der Waals surface area contributed by atoms with Crippen molar-refractivity contribution in [2.24, 2.45) is 0 Å². The summed E-state index contributed by atoms with van der Waals surface area (Å²) in [5.41, 5.74) is 0.840. The van der Waals surface area contributed by atoms with Gasteiger partial charge in [-0.25, -0.2) is 0 Å². The van der Waals surface area contributed by atoms with E-state index in [0.717, 1.165) is 14.8 Å². The van der Waals surface area contributed by atoms with Gasteiger partial charge in [0.15, 0.2) is 0 Å². The molecule has 1 amide bonds. The summed E-state index contributed by atoms with van der Waals surface area (Å²) in [6, 6.07) is 10.9. The average molecular weight is 396 g/mol.